The second-order valence-electron chi connectivity index (χ2n) is 21.6. The number of nitrogens with two attached hydrogens (primary N) is 1. The molecular weight excluding hydrogens is 1050 g/mol. The van der Waals surface area contributed by atoms with Gasteiger partial charge in [-0.3, -0.25) is 19.2 Å². The first-order valence-corrected chi connectivity index (χ1v) is 27.8. The number of fused-ring (bicyclic) bond motifs is 2. The highest BCUT2D eigenvalue weighted by Gasteiger charge is 2.51. The predicted octanol–water partition coefficient (Wildman–Crippen LogP) is 2.83. The number of allylic oxidation sites excluding steroid dienone is 12. The second kappa shape index (κ2) is 34.5. The average molecular weight is 1140 g/mol. The van der Waals surface area contributed by atoms with E-state index in [0.717, 1.165) is 12.8 Å². The zero-order chi connectivity index (χ0) is 59.8. The van der Waals surface area contributed by atoms with Crippen molar-refractivity contribution in [3.8, 4) is 0 Å². The summed E-state index contributed by atoms with van der Waals surface area (Å²) in [6.07, 6.45) is 2.92. The van der Waals surface area contributed by atoms with Gasteiger partial charge in [0.25, 0.3) is 0 Å². The molecule has 13 N–H and O–H groups in total. The quantitative estimate of drug-likeness (QED) is 0.112. The summed E-state index contributed by atoms with van der Waals surface area (Å²) in [7, 11) is 2.88. The Kier molecular flexibility index (Phi) is 29.1. The topological polar surface area (TPSA) is 355 Å². The first-order valence-electron chi connectivity index (χ1n) is 27.8. The molecule has 0 saturated carbocycles. The molecule has 452 valence electrons. The van der Waals surface area contributed by atoms with Crippen LogP contribution in [0.2, 0.25) is 0 Å². The summed E-state index contributed by atoms with van der Waals surface area (Å²) in [6, 6.07) is 5.77. The first kappa shape index (κ1) is 68.4. The van der Waals surface area contributed by atoms with Crippen LogP contribution in [-0.2, 0) is 38.1 Å². The van der Waals surface area contributed by atoms with E-state index in [4.69, 9.17) is 29.4 Å². The van der Waals surface area contributed by atoms with Crippen LogP contribution in [0.4, 0.5) is 5.69 Å². The van der Waals surface area contributed by atoms with Gasteiger partial charge >= 0.3 is 11.9 Å². The van der Waals surface area contributed by atoms with Gasteiger partial charge in [0, 0.05) is 62.7 Å². The van der Waals surface area contributed by atoms with Crippen LogP contribution in [0.3, 0.4) is 0 Å². The number of Topliss-reactive ketones (excluding diaryl/α,β-unsaturated/α-hetero) is 2. The van der Waals surface area contributed by atoms with Gasteiger partial charge in [-0.25, -0.2) is 0 Å². The minimum atomic E-state index is -2.29. The lowest BCUT2D eigenvalue weighted by Crippen LogP contribution is -2.61. The van der Waals surface area contributed by atoms with Crippen molar-refractivity contribution >= 4 is 29.2 Å². The van der Waals surface area contributed by atoms with Gasteiger partial charge in [-0.05, 0) is 69.2 Å². The number of esters is 2. The molecule has 3 aliphatic rings. The number of aliphatic hydroxyl groups excluding tert-OH is 9. The van der Waals surface area contributed by atoms with E-state index in [1.807, 2.05) is 19.9 Å². The van der Waals surface area contributed by atoms with Crippen molar-refractivity contribution in [1.29, 1.82) is 0 Å². The Balaban J connectivity index is 1.55. The molecule has 0 radical (unpaired) electrons. The molecule has 0 amide bonds. The zero-order valence-electron chi connectivity index (χ0n) is 47.0. The number of rotatable bonds is 11. The van der Waals surface area contributed by atoms with Gasteiger partial charge in [-0.15, -0.1) is 0 Å². The Morgan fingerprint density at radius 2 is 1.28 bits per heavy atom. The molecule has 19 atom stereocenters. The fraction of sp³-hybridized carbons (Fsp3) is 0.600. The van der Waals surface area contributed by atoms with Crippen molar-refractivity contribution in [2.45, 2.75) is 195 Å². The minimum absolute atomic E-state index is 0.103. The van der Waals surface area contributed by atoms with E-state index >= 15 is 0 Å². The van der Waals surface area contributed by atoms with Crippen molar-refractivity contribution in [2.75, 3.05) is 19.5 Å². The highest BCUT2D eigenvalue weighted by atomic mass is 16.7. The fourth-order valence-corrected chi connectivity index (χ4v) is 10.2. The van der Waals surface area contributed by atoms with Crippen LogP contribution in [-0.4, -0.2) is 186 Å². The Morgan fingerprint density at radius 1 is 0.728 bits per heavy atom. The number of anilines is 1. The van der Waals surface area contributed by atoms with Crippen molar-refractivity contribution in [3.63, 3.8) is 0 Å². The van der Waals surface area contributed by atoms with Crippen LogP contribution in [0.1, 0.15) is 108 Å². The number of carbonyl (C=O) groups is 4. The maximum Gasteiger partial charge on any atom is 0.313 e. The lowest BCUT2D eigenvalue weighted by Gasteiger charge is -2.45. The third-order valence-electron chi connectivity index (χ3n) is 14.6. The van der Waals surface area contributed by atoms with Gasteiger partial charge in [0.15, 0.2) is 17.9 Å². The van der Waals surface area contributed by atoms with Crippen LogP contribution in [0.5, 0.6) is 0 Å². The SMILES string of the molecule is CNc1ccc(C(=O)CC(O)CCC(C)C2OC(=O)CC(O)CC(=O)CC(O)CC(O)CC(O)CC(O)CC3(O)CC(O)C(C(=O)OC)C(CC(O[C@H]4O[C@@H](C)[C@H](O)[C@@H](N)[C@H]4O)/C=C/C=C/C=C/C=C/C=C/C=C/C=C/C2C)O3)cc1. The van der Waals surface area contributed by atoms with E-state index in [1.54, 1.807) is 117 Å². The van der Waals surface area contributed by atoms with Gasteiger partial charge in [-0.2, -0.15) is 0 Å². The summed E-state index contributed by atoms with van der Waals surface area (Å²) in [5.41, 5.74) is 7.39. The van der Waals surface area contributed by atoms with Gasteiger partial charge < -0.3 is 85.8 Å². The highest BCUT2D eigenvalue weighted by Crippen LogP contribution is 2.39. The summed E-state index contributed by atoms with van der Waals surface area (Å²) in [6.45, 7) is 5.25. The van der Waals surface area contributed by atoms with Gasteiger partial charge in [-0.1, -0.05) is 98.9 Å². The molecule has 2 fully saturated rings. The molecule has 21 heteroatoms. The molecule has 2 bridgehead atoms. The van der Waals surface area contributed by atoms with Crippen molar-refractivity contribution in [2.24, 2.45) is 23.5 Å². The van der Waals surface area contributed by atoms with E-state index in [2.05, 4.69) is 5.32 Å². The van der Waals surface area contributed by atoms with Crippen LogP contribution in [0.25, 0.3) is 0 Å². The van der Waals surface area contributed by atoms with Crippen LogP contribution >= 0.6 is 0 Å². The number of aliphatic hydroxyl groups is 10. The van der Waals surface area contributed by atoms with Crippen LogP contribution in [0.15, 0.2) is 109 Å². The predicted molar refractivity (Wildman–Crippen MR) is 299 cm³/mol. The lowest BCUT2D eigenvalue weighted by atomic mass is 9.82. The van der Waals surface area contributed by atoms with Crippen molar-refractivity contribution in [1.82, 2.24) is 0 Å². The number of ether oxygens (including phenoxy) is 5. The minimum Gasteiger partial charge on any atom is -0.469 e. The number of hydrogen-bond donors (Lipinski definition) is 12. The molecule has 0 aromatic heterocycles. The third-order valence-corrected chi connectivity index (χ3v) is 14.6. The second-order valence-corrected chi connectivity index (χ2v) is 21.6. The largest absolute Gasteiger partial charge is 0.469 e. The van der Waals surface area contributed by atoms with Crippen LogP contribution < -0.4 is 11.1 Å². The van der Waals surface area contributed by atoms with Crippen molar-refractivity contribution in [3.05, 3.63) is 115 Å². The molecule has 3 aliphatic heterocycles. The molecule has 4 rings (SSSR count). The summed E-state index contributed by atoms with van der Waals surface area (Å²) >= 11 is 0. The van der Waals surface area contributed by atoms with E-state index in [1.165, 1.54) is 0 Å². The highest BCUT2D eigenvalue weighted by molar-refractivity contribution is 5.96. The lowest BCUT2D eigenvalue weighted by molar-refractivity contribution is -0.308. The maximum absolute atomic E-state index is 13.3. The molecule has 1 aromatic rings. The first-order chi connectivity index (χ1) is 38.4. The van der Waals surface area contributed by atoms with E-state index < -0.39 is 160 Å². The number of benzene rings is 1. The molecular formula is C60H88N2O19. The number of nitrogens with one attached hydrogen (secondary N) is 1. The Hall–Kier alpha value is -5.08. The van der Waals surface area contributed by atoms with Gasteiger partial charge in [0.1, 0.15) is 23.9 Å². The summed E-state index contributed by atoms with van der Waals surface area (Å²) < 4.78 is 28.9. The van der Waals surface area contributed by atoms with E-state index in [9.17, 15) is 70.2 Å². The normalized spacial score (nSPS) is 37.7. The zero-order valence-corrected chi connectivity index (χ0v) is 47.0. The number of carbonyl (C=O) groups excluding carboxylic acids is 4. The summed E-state index contributed by atoms with van der Waals surface area (Å²) in [5, 5.41) is 113. The number of ketones is 2. The molecule has 14 unspecified atom stereocenters. The number of methoxy groups -OCH3 is 1. The summed E-state index contributed by atoms with van der Waals surface area (Å²) in [4.78, 5) is 52.4. The molecule has 2 saturated heterocycles. The molecule has 1 aromatic carbocycles. The smallest absolute Gasteiger partial charge is 0.313 e. The molecule has 3 heterocycles. The third kappa shape index (κ3) is 23.6. The average Bonchev–Trinajstić information content (AvgIpc) is 3.43. The Morgan fingerprint density at radius 3 is 1.88 bits per heavy atom. The molecule has 81 heavy (non-hydrogen) atoms. The molecule has 0 spiro atoms. The number of cyclic esters (lactones) is 1. The van der Waals surface area contributed by atoms with Crippen molar-refractivity contribution < 1.29 is 93.9 Å². The van der Waals surface area contributed by atoms with E-state index in [-0.39, 0.29) is 49.7 Å². The Labute approximate surface area is 474 Å². The standard InChI is InChI=1S/C60H88N2O19/c1-36-18-16-14-12-10-8-6-7-9-11-13-15-17-19-48(79-59-56(74)54(61)55(73)38(3)78-59)33-51-53(58(75)77-5)50(71)35-60(76,81-51)34-47(69)30-45(67)28-43(65)26-42(64)27-44(66)29-46(68)32-52(72)80-57(36)37(2)20-25-41(63)31-49(70)39-21-23-40(62-4)24-22-39/h6-19,21-24,36-38,41-43,45-48,50-51,53-57,59,62-65,67-69,71,73-74,76H,20,25-35,61H2,1-5H3/b7-6+,10-8+,11-9+,14-12+,15-13+,18-16+,19-17+/t36?,37?,38-,41?,42?,43?,45?,46?,47?,48?,50?,51?,53?,54+,55-,56+,57?,59+,60?/m0/s1. The monoisotopic (exact) mass is 1140 g/mol. The molecule has 0 aliphatic carbocycles. The fourth-order valence-electron chi connectivity index (χ4n) is 10.2. The Bertz CT molecular complexity index is 2320. The molecule has 21 nitrogen and oxygen atoms in total. The number of hydrogen-bond acceptors (Lipinski definition) is 21. The van der Waals surface area contributed by atoms with E-state index in [0.29, 0.717) is 12.0 Å². The van der Waals surface area contributed by atoms with Crippen LogP contribution in [0, 0.1) is 17.8 Å². The maximum atomic E-state index is 13.3. The van der Waals surface area contributed by atoms with Gasteiger partial charge in [0.2, 0.25) is 0 Å². The van der Waals surface area contributed by atoms with Gasteiger partial charge in [0.05, 0.1) is 86.7 Å². The summed E-state index contributed by atoms with van der Waals surface area (Å²) in [5.74, 6) is -6.85.